The van der Waals surface area contributed by atoms with Crippen LogP contribution in [0.4, 0.5) is 0 Å². The summed E-state index contributed by atoms with van der Waals surface area (Å²) in [5.41, 5.74) is 1.34. The van der Waals surface area contributed by atoms with E-state index in [2.05, 4.69) is 55.4 Å². The first-order valence-electron chi connectivity index (χ1n) is 7.82. The number of hydrogen-bond acceptors (Lipinski definition) is 5. The summed E-state index contributed by atoms with van der Waals surface area (Å²) >= 11 is 0. The molecule has 120 valence electrons. The summed E-state index contributed by atoms with van der Waals surface area (Å²) in [7, 11) is 6.07. The summed E-state index contributed by atoms with van der Waals surface area (Å²) in [5, 5.41) is 3.36. The highest BCUT2D eigenvalue weighted by Gasteiger charge is 2.20. The van der Waals surface area contributed by atoms with E-state index in [1.807, 2.05) is 25.1 Å². The molecule has 0 fully saturated rings. The second-order valence-electron chi connectivity index (χ2n) is 6.06. The van der Waals surface area contributed by atoms with Crippen LogP contribution in [0.1, 0.15) is 19.4 Å². The first-order valence-corrected chi connectivity index (χ1v) is 7.82. The number of benzene rings is 1. The van der Waals surface area contributed by atoms with Crippen LogP contribution >= 0.6 is 0 Å². The zero-order valence-corrected chi connectivity index (χ0v) is 14.2. The van der Waals surface area contributed by atoms with Crippen molar-refractivity contribution in [3.63, 3.8) is 0 Å². The Bertz CT molecular complexity index is 535. The lowest BCUT2D eigenvalue weighted by molar-refractivity contribution is 0.485. The van der Waals surface area contributed by atoms with Crippen LogP contribution < -0.4 is 5.32 Å². The van der Waals surface area contributed by atoms with Crippen molar-refractivity contribution in [3.05, 3.63) is 35.9 Å². The molecule has 1 aliphatic heterocycles. The van der Waals surface area contributed by atoms with E-state index in [-0.39, 0.29) is 12.1 Å². The monoisotopic (exact) mass is 301 g/mol. The van der Waals surface area contributed by atoms with Crippen LogP contribution in [0.5, 0.6) is 0 Å². The number of guanidine groups is 2. The van der Waals surface area contributed by atoms with Gasteiger partial charge in [0.25, 0.3) is 0 Å². The van der Waals surface area contributed by atoms with E-state index in [1.54, 1.807) is 0 Å². The van der Waals surface area contributed by atoms with Gasteiger partial charge in [-0.15, -0.1) is 0 Å². The van der Waals surface area contributed by atoms with Gasteiger partial charge < -0.3 is 9.80 Å². The summed E-state index contributed by atoms with van der Waals surface area (Å²) in [6.45, 7) is 5.13. The molecule has 1 aliphatic rings. The lowest BCUT2D eigenvalue weighted by atomic mass is 10.1. The zero-order valence-electron chi connectivity index (χ0n) is 14.2. The minimum atomic E-state index is 0.166. The van der Waals surface area contributed by atoms with Crippen LogP contribution in [-0.2, 0) is 6.42 Å². The molecular formula is C17H27N5. The van der Waals surface area contributed by atoms with E-state index >= 15 is 0 Å². The normalized spacial score (nSPS) is 21.3. The number of hydrogen-bond donors (Lipinski definition) is 1. The Kier molecular flexibility index (Phi) is 5.41. The Morgan fingerprint density at radius 1 is 0.955 bits per heavy atom. The Balaban J connectivity index is 2.05. The third kappa shape index (κ3) is 4.23. The zero-order chi connectivity index (χ0) is 16.1. The average Bonchev–Trinajstić information content (AvgIpc) is 2.66. The maximum atomic E-state index is 4.79. The maximum absolute atomic E-state index is 4.79. The van der Waals surface area contributed by atoms with Gasteiger partial charge in [-0.2, -0.15) is 0 Å². The molecule has 0 saturated carbocycles. The third-order valence-electron chi connectivity index (χ3n) is 3.94. The molecule has 1 heterocycles. The summed E-state index contributed by atoms with van der Waals surface area (Å²) in [6, 6.07) is 10.9. The predicted molar refractivity (Wildman–Crippen MR) is 93.4 cm³/mol. The van der Waals surface area contributed by atoms with Crippen LogP contribution in [0, 0.1) is 0 Å². The van der Waals surface area contributed by atoms with Gasteiger partial charge in [0.15, 0.2) is 0 Å². The molecule has 5 nitrogen and oxygen atoms in total. The molecule has 2 rings (SSSR count). The number of aliphatic imine (C=N–C) groups is 2. The number of nitrogens with one attached hydrogen (secondary N) is 1. The molecule has 0 amide bonds. The fourth-order valence-corrected chi connectivity index (χ4v) is 2.23. The summed E-state index contributed by atoms with van der Waals surface area (Å²) in [5.74, 6) is 1.75. The molecule has 2 atom stereocenters. The van der Waals surface area contributed by atoms with Gasteiger partial charge in [0, 0.05) is 27.7 Å². The lowest BCUT2D eigenvalue weighted by Crippen LogP contribution is -2.47. The molecule has 0 aliphatic carbocycles. The van der Waals surface area contributed by atoms with Gasteiger partial charge in [-0.25, -0.2) is 9.98 Å². The highest BCUT2D eigenvalue weighted by Crippen LogP contribution is 2.08. The second-order valence-corrected chi connectivity index (χ2v) is 6.06. The molecule has 22 heavy (non-hydrogen) atoms. The van der Waals surface area contributed by atoms with E-state index in [0.29, 0.717) is 0 Å². The molecular weight excluding hydrogens is 274 g/mol. The Morgan fingerprint density at radius 2 is 1.55 bits per heavy atom. The van der Waals surface area contributed by atoms with Crippen molar-refractivity contribution in [2.45, 2.75) is 32.4 Å². The highest BCUT2D eigenvalue weighted by molar-refractivity contribution is 5.99. The maximum Gasteiger partial charge on any atom is 0.200 e. The number of rotatable bonds is 3. The molecule has 1 aromatic rings. The summed E-state index contributed by atoms with van der Waals surface area (Å²) in [4.78, 5) is 13.7. The first kappa shape index (κ1) is 16.3. The Hall–Kier alpha value is -2.04. The van der Waals surface area contributed by atoms with Gasteiger partial charge in [-0.1, -0.05) is 30.3 Å². The molecule has 0 radical (unpaired) electrons. The van der Waals surface area contributed by atoms with E-state index < -0.39 is 0 Å². The summed E-state index contributed by atoms with van der Waals surface area (Å²) in [6.07, 6.45) is 0.996. The predicted octanol–water partition coefficient (Wildman–Crippen LogP) is 1.81. The molecule has 1 N–H and O–H groups in total. The molecule has 5 heteroatoms. The van der Waals surface area contributed by atoms with Crippen LogP contribution in [0.15, 0.2) is 40.3 Å². The van der Waals surface area contributed by atoms with Crippen molar-refractivity contribution >= 4 is 11.9 Å². The van der Waals surface area contributed by atoms with E-state index in [0.717, 1.165) is 24.9 Å². The third-order valence-corrected chi connectivity index (χ3v) is 3.94. The summed E-state index contributed by atoms with van der Waals surface area (Å²) < 4.78 is 0. The lowest BCUT2D eigenvalue weighted by Gasteiger charge is -2.24. The molecule has 0 spiro atoms. The van der Waals surface area contributed by atoms with Gasteiger partial charge in [-0.05, 0) is 25.8 Å². The minimum absolute atomic E-state index is 0.166. The fraction of sp³-hybridized carbons (Fsp3) is 0.529. The number of likely N-dealkylation sites (N-methyl/N-ethyl adjacent to an activating group) is 1. The van der Waals surface area contributed by atoms with Crippen LogP contribution in [-0.4, -0.2) is 61.5 Å². The smallest absolute Gasteiger partial charge is 0.200 e. The molecule has 0 saturated heterocycles. The Labute approximate surface area is 133 Å². The van der Waals surface area contributed by atoms with Gasteiger partial charge in [0.1, 0.15) is 0 Å². The van der Waals surface area contributed by atoms with Crippen LogP contribution in [0.25, 0.3) is 0 Å². The largest absolute Gasteiger partial charge is 0.349 e. The standard InChI is InChI=1S/C17H27N5/c1-13-14(2)19-17(20-16(18-13)21(3)4)22(5)12-11-15-9-7-6-8-10-15/h6-10,13-14H,11-12H2,1-5H3,(H,18,19,20). The van der Waals surface area contributed by atoms with E-state index in [1.165, 1.54) is 5.56 Å². The Morgan fingerprint density at radius 3 is 2.14 bits per heavy atom. The van der Waals surface area contributed by atoms with Crippen molar-refractivity contribution in [2.75, 3.05) is 27.7 Å². The van der Waals surface area contributed by atoms with Gasteiger partial charge in [0.05, 0.1) is 12.1 Å². The van der Waals surface area contributed by atoms with Gasteiger partial charge in [-0.3, -0.25) is 5.32 Å². The average molecular weight is 301 g/mol. The van der Waals surface area contributed by atoms with Gasteiger partial charge in [0.2, 0.25) is 11.9 Å². The van der Waals surface area contributed by atoms with Gasteiger partial charge >= 0.3 is 0 Å². The van der Waals surface area contributed by atoms with Crippen LogP contribution in [0.2, 0.25) is 0 Å². The van der Waals surface area contributed by atoms with Crippen molar-refractivity contribution in [1.82, 2.24) is 15.1 Å². The number of nitrogens with zero attached hydrogens (tertiary/aromatic N) is 4. The molecule has 0 bridgehead atoms. The molecule has 1 aromatic carbocycles. The second kappa shape index (κ2) is 7.29. The van der Waals surface area contributed by atoms with Crippen molar-refractivity contribution in [1.29, 1.82) is 0 Å². The van der Waals surface area contributed by atoms with Crippen molar-refractivity contribution < 1.29 is 0 Å². The molecule has 0 aromatic heterocycles. The van der Waals surface area contributed by atoms with Crippen molar-refractivity contribution in [2.24, 2.45) is 9.98 Å². The topological polar surface area (TPSA) is 43.2 Å². The van der Waals surface area contributed by atoms with E-state index in [9.17, 15) is 0 Å². The van der Waals surface area contributed by atoms with E-state index in [4.69, 9.17) is 9.98 Å². The van der Waals surface area contributed by atoms with Crippen LogP contribution in [0.3, 0.4) is 0 Å². The SMILES string of the molecule is CC1N=C(N(C)C)NC(N(C)CCc2ccccc2)=NC1C. The minimum Gasteiger partial charge on any atom is -0.349 e. The molecule has 2 unspecified atom stereocenters. The quantitative estimate of drug-likeness (QED) is 0.926. The fourth-order valence-electron chi connectivity index (χ4n) is 2.23. The highest BCUT2D eigenvalue weighted by atomic mass is 15.4. The first-order chi connectivity index (χ1) is 10.5. The van der Waals surface area contributed by atoms with Crippen molar-refractivity contribution in [3.8, 4) is 0 Å².